The van der Waals surface area contributed by atoms with E-state index < -0.39 is 0 Å². The Labute approximate surface area is 179 Å². The van der Waals surface area contributed by atoms with E-state index in [4.69, 9.17) is 14.2 Å². The summed E-state index contributed by atoms with van der Waals surface area (Å²) < 4.78 is 17.4. The number of Topliss-reactive ketones (excluding diaryl/α,β-unsaturated/α-hetero) is 1. The van der Waals surface area contributed by atoms with E-state index in [2.05, 4.69) is 6.07 Å². The van der Waals surface area contributed by atoms with Crippen LogP contribution in [0.25, 0.3) is 0 Å². The molecule has 1 atom stereocenters. The monoisotopic (exact) mass is 412 g/mol. The highest BCUT2D eigenvalue weighted by atomic mass is 16.5. The Kier molecular flexibility index (Phi) is 7.61. The van der Waals surface area contributed by atoms with Gasteiger partial charge in [0.1, 0.15) is 28.8 Å². The highest BCUT2D eigenvalue weighted by Crippen LogP contribution is 2.32. The Morgan fingerprint density at radius 3 is 2.70 bits per heavy atom. The minimum atomic E-state index is -0.108. The maximum atomic E-state index is 11.5. The number of carbonyl (C=O) groups is 1. The van der Waals surface area contributed by atoms with Gasteiger partial charge < -0.3 is 19.3 Å². The van der Waals surface area contributed by atoms with Crippen LogP contribution >= 0.6 is 0 Å². The molecule has 0 fully saturated rings. The summed E-state index contributed by atoms with van der Waals surface area (Å²) in [5, 5.41) is 10.4. The fourth-order valence-corrected chi connectivity index (χ4v) is 3.52. The van der Waals surface area contributed by atoms with Gasteiger partial charge >= 0.3 is 0 Å². The molecule has 1 N–H and O–H groups in total. The lowest BCUT2D eigenvalue weighted by atomic mass is 9.95. The smallest absolute Gasteiger partial charge is 0.132 e. The molecule has 0 radical (unpaired) electrons. The number of ether oxygens (including phenoxy) is 3. The summed E-state index contributed by atoms with van der Waals surface area (Å²) in [7, 11) is 0. The van der Waals surface area contributed by atoms with E-state index in [1.54, 1.807) is 6.92 Å². The van der Waals surface area contributed by atoms with Gasteiger partial charge in [-0.05, 0) is 69.2 Å². The summed E-state index contributed by atoms with van der Waals surface area (Å²) in [5.74, 6) is 2.70. The Balaban J connectivity index is 1.41. The van der Waals surface area contributed by atoms with Crippen LogP contribution in [0.3, 0.4) is 0 Å². The van der Waals surface area contributed by atoms with Gasteiger partial charge in [-0.25, -0.2) is 0 Å². The lowest BCUT2D eigenvalue weighted by molar-refractivity contribution is -0.120. The van der Waals surface area contributed by atoms with Gasteiger partial charge in [0.15, 0.2) is 0 Å². The second-order valence-electron chi connectivity index (χ2n) is 8.04. The molecule has 1 aliphatic heterocycles. The van der Waals surface area contributed by atoms with Crippen LogP contribution in [0, 0.1) is 12.8 Å². The molecule has 5 heteroatoms. The lowest BCUT2D eigenvalue weighted by Crippen LogP contribution is -2.10. The highest BCUT2D eigenvalue weighted by molar-refractivity contribution is 5.78. The average molecular weight is 413 g/mol. The average Bonchev–Trinajstić information content (AvgIpc) is 2.75. The minimum Gasteiger partial charge on any atom is -0.507 e. The maximum Gasteiger partial charge on any atom is 0.132 e. The largest absolute Gasteiger partial charge is 0.507 e. The standard InChI is InChI=1S/C25H32O5/c1-17(19(3)26)15-21-9-11-23(18(2)25(21)27)29-13-5-4-12-28-22-10-8-20-7-6-14-30-24(20)16-22/h8-11,16-17,27H,4-7,12-15H2,1-3H3. The van der Waals surface area contributed by atoms with Gasteiger partial charge in [-0.2, -0.15) is 0 Å². The summed E-state index contributed by atoms with van der Waals surface area (Å²) in [5.41, 5.74) is 2.75. The predicted molar refractivity (Wildman–Crippen MR) is 117 cm³/mol. The fourth-order valence-electron chi connectivity index (χ4n) is 3.52. The first-order valence-electron chi connectivity index (χ1n) is 10.8. The van der Waals surface area contributed by atoms with Gasteiger partial charge in [-0.1, -0.05) is 19.1 Å². The van der Waals surface area contributed by atoms with Crippen LogP contribution in [-0.2, 0) is 17.6 Å². The number of phenolic OH excluding ortho intramolecular Hbond substituents is 1. The van der Waals surface area contributed by atoms with E-state index in [1.807, 2.05) is 38.1 Å². The third kappa shape index (κ3) is 5.68. The van der Waals surface area contributed by atoms with Crippen LogP contribution in [0.15, 0.2) is 30.3 Å². The van der Waals surface area contributed by atoms with Gasteiger partial charge in [0.05, 0.1) is 19.8 Å². The minimum absolute atomic E-state index is 0.108. The molecule has 0 aliphatic carbocycles. The van der Waals surface area contributed by atoms with E-state index in [9.17, 15) is 9.90 Å². The molecule has 2 aromatic carbocycles. The molecule has 162 valence electrons. The molecule has 0 saturated carbocycles. The first-order chi connectivity index (χ1) is 14.5. The number of carbonyl (C=O) groups excluding carboxylic acids is 1. The number of aryl methyl sites for hydroxylation is 1. The first-order valence-corrected chi connectivity index (χ1v) is 10.8. The van der Waals surface area contributed by atoms with Crippen molar-refractivity contribution in [3.8, 4) is 23.0 Å². The van der Waals surface area contributed by atoms with E-state index in [-0.39, 0.29) is 17.5 Å². The zero-order valence-electron chi connectivity index (χ0n) is 18.2. The third-order valence-corrected chi connectivity index (χ3v) is 5.64. The number of fused-ring (bicyclic) bond motifs is 1. The Hall–Kier alpha value is -2.69. The van der Waals surface area contributed by atoms with Crippen molar-refractivity contribution in [1.29, 1.82) is 0 Å². The molecule has 2 aromatic rings. The number of aromatic hydroxyl groups is 1. The Bertz CT molecular complexity index is 874. The van der Waals surface area contributed by atoms with E-state index in [1.165, 1.54) is 5.56 Å². The molecule has 1 heterocycles. The lowest BCUT2D eigenvalue weighted by Gasteiger charge is -2.18. The maximum absolute atomic E-state index is 11.5. The number of benzene rings is 2. The molecule has 5 nitrogen and oxygen atoms in total. The molecule has 30 heavy (non-hydrogen) atoms. The summed E-state index contributed by atoms with van der Waals surface area (Å²) in [6.45, 7) is 7.25. The highest BCUT2D eigenvalue weighted by Gasteiger charge is 2.15. The molecule has 1 unspecified atom stereocenters. The summed E-state index contributed by atoms with van der Waals surface area (Å²) in [6, 6.07) is 9.79. The van der Waals surface area contributed by atoms with Crippen molar-refractivity contribution in [2.24, 2.45) is 5.92 Å². The van der Waals surface area contributed by atoms with E-state index in [0.717, 1.165) is 49.4 Å². The van der Waals surface area contributed by atoms with Crippen molar-refractivity contribution in [3.05, 3.63) is 47.0 Å². The van der Waals surface area contributed by atoms with Gasteiger partial charge in [0.25, 0.3) is 0 Å². The molecular weight excluding hydrogens is 380 g/mol. The van der Waals surface area contributed by atoms with Gasteiger partial charge in [0, 0.05) is 17.5 Å². The first kappa shape index (κ1) is 22.0. The number of ketones is 1. The zero-order chi connectivity index (χ0) is 21.5. The topological polar surface area (TPSA) is 65.0 Å². The molecule has 0 saturated heterocycles. The summed E-state index contributed by atoms with van der Waals surface area (Å²) in [6.07, 6.45) is 4.40. The van der Waals surface area contributed by atoms with Crippen molar-refractivity contribution in [1.82, 2.24) is 0 Å². The number of unbranched alkanes of at least 4 members (excludes halogenated alkanes) is 1. The van der Waals surface area contributed by atoms with Crippen LogP contribution in [0.2, 0.25) is 0 Å². The quantitative estimate of drug-likeness (QED) is 0.555. The van der Waals surface area contributed by atoms with Crippen LogP contribution in [0.4, 0.5) is 0 Å². The van der Waals surface area contributed by atoms with Gasteiger partial charge in [0.2, 0.25) is 0 Å². The van der Waals surface area contributed by atoms with Crippen LogP contribution < -0.4 is 14.2 Å². The van der Waals surface area contributed by atoms with Crippen LogP contribution in [-0.4, -0.2) is 30.7 Å². The van der Waals surface area contributed by atoms with Crippen LogP contribution in [0.5, 0.6) is 23.0 Å². The Morgan fingerprint density at radius 2 is 1.93 bits per heavy atom. The molecule has 3 rings (SSSR count). The number of phenols is 1. The molecular formula is C25H32O5. The molecule has 0 amide bonds. The molecule has 0 spiro atoms. The van der Waals surface area contributed by atoms with Crippen molar-refractivity contribution in [2.45, 2.75) is 52.9 Å². The van der Waals surface area contributed by atoms with E-state index in [0.29, 0.717) is 30.9 Å². The predicted octanol–water partition coefficient (Wildman–Crippen LogP) is 5.03. The molecule has 0 aromatic heterocycles. The van der Waals surface area contributed by atoms with Gasteiger partial charge in [-0.3, -0.25) is 4.79 Å². The van der Waals surface area contributed by atoms with Gasteiger partial charge in [-0.15, -0.1) is 0 Å². The van der Waals surface area contributed by atoms with Crippen molar-refractivity contribution < 1.29 is 24.1 Å². The van der Waals surface area contributed by atoms with Crippen LogP contribution in [0.1, 0.15) is 49.8 Å². The third-order valence-electron chi connectivity index (χ3n) is 5.64. The summed E-state index contributed by atoms with van der Waals surface area (Å²) in [4.78, 5) is 11.5. The summed E-state index contributed by atoms with van der Waals surface area (Å²) >= 11 is 0. The number of hydrogen-bond donors (Lipinski definition) is 1. The molecule has 1 aliphatic rings. The van der Waals surface area contributed by atoms with E-state index >= 15 is 0 Å². The normalized spacial score (nSPS) is 13.8. The molecule has 0 bridgehead atoms. The second kappa shape index (κ2) is 10.4. The number of rotatable bonds is 10. The van der Waals surface area contributed by atoms with Crippen molar-refractivity contribution in [3.63, 3.8) is 0 Å². The van der Waals surface area contributed by atoms with Crippen molar-refractivity contribution >= 4 is 5.78 Å². The fraction of sp³-hybridized carbons (Fsp3) is 0.480. The second-order valence-corrected chi connectivity index (χ2v) is 8.04. The number of hydrogen-bond acceptors (Lipinski definition) is 5. The SMILES string of the molecule is CC(=O)C(C)Cc1ccc(OCCCCOc2ccc3c(c2)OCCC3)c(C)c1O. The Morgan fingerprint density at radius 1 is 1.17 bits per heavy atom. The van der Waals surface area contributed by atoms with Crippen molar-refractivity contribution in [2.75, 3.05) is 19.8 Å². The zero-order valence-corrected chi connectivity index (χ0v) is 18.2.